The minimum absolute atomic E-state index is 0.297. The Hall–Kier alpha value is -1.09. The third-order valence-corrected chi connectivity index (χ3v) is 3.51. The molecular weight excluding hydrogens is 241 g/mol. The van der Waals surface area contributed by atoms with Crippen LogP contribution in [0.5, 0.6) is 0 Å². The Morgan fingerprint density at radius 2 is 2.18 bits per heavy atom. The molecule has 4 heteroatoms. The number of carbonyl (C=O) groups is 1. The number of alkyl halides is 1. The second-order valence-corrected chi connectivity index (χ2v) is 4.73. The molecule has 0 aliphatic heterocycles. The number of carbonyl (C=O) groups excluding carboxylic acids is 1. The molecule has 0 saturated carbocycles. The van der Waals surface area contributed by atoms with Crippen LogP contribution in [0.15, 0.2) is 18.2 Å². The van der Waals surface area contributed by atoms with Crippen molar-refractivity contribution in [2.75, 3.05) is 5.88 Å². The lowest BCUT2D eigenvalue weighted by Crippen LogP contribution is -2.47. The van der Waals surface area contributed by atoms with Crippen LogP contribution in [0.2, 0.25) is 0 Å². The van der Waals surface area contributed by atoms with E-state index < -0.39 is 5.54 Å². The van der Waals surface area contributed by atoms with Gasteiger partial charge in [0.25, 0.3) is 5.91 Å². The molecule has 1 amide bonds. The van der Waals surface area contributed by atoms with Gasteiger partial charge in [-0.25, -0.2) is 4.39 Å². The molecule has 0 radical (unpaired) electrons. The Bertz CT molecular complexity index is 416. The number of benzene rings is 1. The summed E-state index contributed by atoms with van der Waals surface area (Å²) < 4.78 is 13.3. The van der Waals surface area contributed by atoms with Gasteiger partial charge in [-0.2, -0.15) is 0 Å². The molecule has 0 aliphatic carbocycles. The quantitative estimate of drug-likeness (QED) is 0.824. The first-order valence-electron chi connectivity index (χ1n) is 5.56. The summed E-state index contributed by atoms with van der Waals surface area (Å²) in [7, 11) is 0. The smallest absolute Gasteiger partial charge is 0.251 e. The Balaban J connectivity index is 2.86. The predicted octanol–water partition coefficient (Wildman–Crippen LogP) is 3.27. The first-order valence-corrected chi connectivity index (χ1v) is 6.10. The van der Waals surface area contributed by atoms with E-state index in [-0.39, 0.29) is 11.7 Å². The molecule has 1 aromatic carbocycles. The van der Waals surface area contributed by atoms with E-state index in [0.29, 0.717) is 17.0 Å². The standard InChI is InChI=1S/C13H17ClFNO/c1-4-13(3,8-14)16-12(17)10-6-5-9(2)11(15)7-10/h5-7H,4,8H2,1-3H3,(H,16,17). The highest BCUT2D eigenvalue weighted by molar-refractivity contribution is 6.18. The summed E-state index contributed by atoms with van der Waals surface area (Å²) in [5.74, 6) is -0.348. The van der Waals surface area contributed by atoms with E-state index in [1.54, 1.807) is 19.1 Å². The normalized spacial score (nSPS) is 14.2. The van der Waals surface area contributed by atoms with Gasteiger partial charge in [-0.1, -0.05) is 13.0 Å². The van der Waals surface area contributed by atoms with Crippen LogP contribution in [0.4, 0.5) is 4.39 Å². The molecule has 0 aromatic heterocycles. The van der Waals surface area contributed by atoms with Crippen LogP contribution in [-0.2, 0) is 0 Å². The van der Waals surface area contributed by atoms with Crippen molar-refractivity contribution in [2.45, 2.75) is 32.7 Å². The van der Waals surface area contributed by atoms with Crippen LogP contribution in [0.3, 0.4) is 0 Å². The van der Waals surface area contributed by atoms with Gasteiger partial charge in [-0.3, -0.25) is 4.79 Å². The molecule has 1 rings (SSSR count). The first-order chi connectivity index (χ1) is 7.91. The van der Waals surface area contributed by atoms with Gasteiger partial charge in [-0.05, 0) is 38.0 Å². The molecule has 1 atom stereocenters. The lowest BCUT2D eigenvalue weighted by atomic mass is 10.0. The molecule has 0 fully saturated rings. The van der Waals surface area contributed by atoms with Crippen molar-refractivity contribution >= 4 is 17.5 Å². The monoisotopic (exact) mass is 257 g/mol. The fourth-order valence-corrected chi connectivity index (χ4v) is 1.55. The van der Waals surface area contributed by atoms with Crippen LogP contribution in [0.25, 0.3) is 0 Å². The molecule has 0 aliphatic rings. The molecule has 1 aromatic rings. The van der Waals surface area contributed by atoms with E-state index in [0.717, 1.165) is 6.42 Å². The topological polar surface area (TPSA) is 29.1 Å². The van der Waals surface area contributed by atoms with E-state index in [1.165, 1.54) is 6.07 Å². The number of amides is 1. The maximum Gasteiger partial charge on any atom is 0.251 e. The van der Waals surface area contributed by atoms with Crippen LogP contribution < -0.4 is 5.32 Å². The summed E-state index contributed by atoms with van der Waals surface area (Å²) in [6.45, 7) is 5.47. The molecule has 2 nitrogen and oxygen atoms in total. The lowest BCUT2D eigenvalue weighted by Gasteiger charge is -2.27. The van der Waals surface area contributed by atoms with Gasteiger partial charge in [0.05, 0.1) is 5.54 Å². The number of nitrogens with one attached hydrogen (secondary N) is 1. The summed E-state index contributed by atoms with van der Waals surface area (Å²) >= 11 is 5.81. The largest absolute Gasteiger partial charge is 0.346 e. The minimum Gasteiger partial charge on any atom is -0.346 e. The van der Waals surface area contributed by atoms with Gasteiger partial charge < -0.3 is 5.32 Å². The minimum atomic E-state index is -0.458. The molecule has 0 bridgehead atoms. The molecule has 17 heavy (non-hydrogen) atoms. The maximum atomic E-state index is 13.3. The SMILES string of the molecule is CCC(C)(CCl)NC(=O)c1ccc(C)c(F)c1. The van der Waals surface area contributed by atoms with Crippen molar-refractivity contribution in [1.82, 2.24) is 5.32 Å². The van der Waals surface area contributed by atoms with Gasteiger partial charge in [0.15, 0.2) is 0 Å². The molecule has 0 saturated heterocycles. The first kappa shape index (κ1) is 14.0. The van der Waals surface area contributed by atoms with E-state index in [9.17, 15) is 9.18 Å². The van der Waals surface area contributed by atoms with Gasteiger partial charge in [-0.15, -0.1) is 11.6 Å². The second kappa shape index (κ2) is 5.50. The Morgan fingerprint density at radius 1 is 1.53 bits per heavy atom. The number of halogens is 2. The number of hydrogen-bond acceptors (Lipinski definition) is 1. The average Bonchev–Trinajstić information content (AvgIpc) is 2.32. The average molecular weight is 258 g/mol. The van der Waals surface area contributed by atoms with Crippen LogP contribution in [0, 0.1) is 12.7 Å². The second-order valence-electron chi connectivity index (χ2n) is 4.47. The number of rotatable bonds is 4. The van der Waals surface area contributed by atoms with Crippen LogP contribution >= 0.6 is 11.6 Å². The Kier molecular flexibility index (Phi) is 4.52. The zero-order chi connectivity index (χ0) is 13.1. The summed E-state index contributed by atoms with van der Waals surface area (Å²) in [5, 5.41) is 2.82. The molecule has 1 unspecified atom stereocenters. The molecule has 94 valence electrons. The molecule has 1 N–H and O–H groups in total. The van der Waals surface area contributed by atoms with Crippen molar-refractivity contribution in [3.63, 3.8) is 0 Å². The maximum absolute atomic E-state index is 13.3. The van der Waals surface area contributed by atoms with Crippen molar-refractivity contribution in [1.29, 1.82) is 0 Å². The summed E-state index contributed by atoms with van der Waals surface area (Å²) in [6, 6.07) is 4.45. The van der Waals surface area contributed by atoms with Gasteiger partial charge in [0.1, 0.15) is 5.82 Å². The summed E-state index contributed by atoms with van der Waals surface area (Å²) in [6.07, 6.45) is 0.719. The molecular formula is C13H17ClFNO. The van der Waals surface area contributed by atoms with Crippen molar-refractivity contribution < 1.29 is 9.18 Å². The number of aryl methyl sites for hydroxylation is 1. The summed E-state index contributed by atoms with van der Waals surface area (Å²) in [4.78, 5) is 11.9. The highest BCUT2D eigenvalue weighted by atomic mass is 35.5. The van der Waals surface area contributed by atoms with E-state index in [4.69, 9.17) is 11.6 Å². The highest BCUT2D eigenvalue weighted by Crippen LogP contribution is 2.14. The van der Waals surface area contributed by atoms with Crippen molar-refractivity contribution in [3.05, 3.63) is 35.1 Å². The van der Waals surface area contributed by atoms with Crippen molar-refractivity contribution in [3.8, 4) is 0 Å². The highest BCUT2D eigenvalue weighted by Gasteiger charge is 2.23. The van der Waals surface area contributed by atoms with E-state index in [1.807, 2.05) is 13.8 Å². The number of hydrogen-bond donors (Lipinski definition) is 1. The van der Waals surface area contributed by atoms with Gasteiger partial charge in [0, 0.05) is 11.4 Å². The van der Waals surface area contributed by atoms with Gasteiger partial charge in [0.2, 0.25) is 0 Å². The fourth-order valence-electron chi connectivity index (χ4n) is 1.30. The third kappa shape index (κ3) is 3.43. The fraction of sp³-hybridized carbons (Fsp3) is 0.462. The van der Waals surface area contributed by atoms with E-state index >= 15 is 0 Å². The van der Waals surface area contributed by atoms with Crippen LogP contribution in [0.1, 0.15) is 36.2 Å². The predicted molar refractivity (Wildman–Crippen MR) is 68.0 cm³/mol. The zero-order valence-corrected chi connectivity index (χ0v) is 11.1. The van der Waals surface area contributed by atoms with Crippen molar-refractivity contribution in [2.24, 2.45) is 0 Å². The zero-order valence-electron chi connectivity index (χ0n) is 10.3. The Labute approximate surface area is 106 Å². The van der Waals surface area contributed by atoms with E-state index in [2.05, 4.69) is 5.32 Å². The summed E-state index contributed by atoms with van der Waals surface area (Å²) in [5.41, 5.74) is 0.384. The molecule has 0 spiro atoms. The Morgan fingerprint density at radius 3 is 2.65 bits per heavy atom. The van der Waals surface area contributed by atoms with Gasteiger partial charge >= 0.3 is 0 Å². The van der Waals surface area contributed by atoms with Crippen LogP contribution in [-0.4, -0.2) is 17.3 Å². The lowest BCUT2D eigenvalue weighted by molar-refractivity contribution is 0.0912. The molecule has 0 heterocycles. The third-order valence-electron chi connectivity index (χ3n) is 2.92.